The largest absolute Gasteiger partial charge is 0.376 e. The van der Waals surface area contributed by atoms with E-state index in [1.54, 1.807) is 0 Å². The molecule has 19 heavy (non-hydrogen) atoms. The Morgan fingerprint density at radius 1 is 1.21 bits per heavy atom. The summed E-state index contributed by atoms with van der Waals surface area (Å²) in [5, 5.41) is 0. The fraction of sp³-hybridized carbons (Fsp3) is 0.846. The van der Waals surface area contributed by atoms with Crippen LogP contribution in [0.5, 0.6) is 0 Å². The molecule has 1 heterocycles. The maximum Gasteiger partial charge on any atom is 0.264 e. The molecule has 110 valence electrons. The summed E-state index contributed by atoms with van der Waals surface area (Å²) >= 11 is 0. The second-order valence-corrected chi connectivity index (χ2v) is 7.29. The Hall–Kier alpha value is -0.590. The molecule has 0 atom stereocenters. The number of nitrogens with zero attached hydrogens (tertiary/aromatic N) is 2. The first-order valence-electron chi connectivity index (χ1n) is 6.86. The molecule has 0 N–H and O–H groups in total. The molecule has 0 aromatic carbocycles. The van der Waals surface area contributed by atoms with E-state index in [9.17, 15) is 8.42 Å². The van der Waals surface area contributed by atoms with Crippen molar-refractivity contribution in [3.05, 3.63) is 12.3 Å². The van der Waals surface area contributed by atoms with Crippen molar-refractivity contribution in [2.45, 2.75) is 37.8 Å². The molecule has 1 aliphatic heterocycles. The van der Waals surface area contributed by atoms with Crippen molar-refractivity contribution in [1.29, 1.82) is 0 Å². The van der Waals surface area contributed by atoms with Gasteiger partial charge in [0.05, 0.1) is 12.4 Å². The number of likely N-dealkylation sites (N-methyl/N-ethyl adjacent to an activating group) is 1. The lowest BCUT2D eigenvalue weighted by Gasteiger charge is -2.42. The van der Waals surface area contributed by atoms with Gasteiger partial charge in [-0.1, -0.05) is 6.58 Å². The van der Waals surface area contributed by atoms with Gasteiger partial charge in [0.25, 0.3) is 10.1 Å². The van der Waals surface area contributed by atoms with Crippen molar-refractivity contribution in [2.24, 2.45) is 0 Å². The number of hydrogen-bond acceptors (Lipinski definition) is 5. The van der Waals surface area contributed by atoms with Gasteiger partial charge < -0.3 is 4.90 Å². The van der Waals surface area contributed by atoms with E-state index in [1.807, 2.05) is 0 Å². The van der Waals surface area contributed by atoms with Crippen LogP contribution in [0.4, 0.5) is 0 Å². The first kappa shape index (κ1) is 14.8. The average molecular weight is 288 g/mol. The van der Waals surface area contributed by atoms with Crippen LogP contribution in [0.25, 0.3) is 0 Å². The van der Waals surface area contributed by atoms with Gasteiger partial charge in [0.2, 0.25) is 0 Å². The van der Waals surface area contributed by atoms with Crippen molar-refractivity contribution in [3.8, 4) is 0 Å². The zero-order valence-corrected chi connectivity index (χ0v) is 12.7. The van der Waals surface area contributed by atoms with E-state index >= 15 is 0 Å². The second kappa shape index (κ2) is 5.81. The Kier molecular flexibility index (Phi) is 4.53. The molecule has 2 fully saturated rings. The van der Waals surface area contributed by atoms with Crippen LogP contribution in [-0.2, 0) is 14.3 Å². The molecular weight excluding hydrogens is 264 g/mol. The van der Waals surface area contributed by atoms with Gasteiger partial charge in [0.15, 0.2) is 0 Å². The number of hydrogen-bond donors (Lipinski definition) is 0. The van der Waals surface area contributed by atoms with E-state index in [2.05, 4.69) is 23.4 Å². The van der Waals surface area contributed by atoms with Gasteiger partial charge in [-0.05, 0) is 25.7 Å². The smallest absolute Gasteiger partial charge is 0.264 e. The average Bonchev–Trinajstić information content (AvgIpc) is 2.32. The summed E-state index contributed by atoms with van der Waals surface area (Å²) in [4.78, 5) is 4.67. The highest BCUT2D eigenvalue weighted by molar-refractivity contribution is 7.86. The van der Waals surface area contributed by atoms with Crippen LogP contribution in [0.3, 0.4) is 0 Å². The SMILES string of the molecule is C=C1CN(C2CCC(OS(C)(=O)=O)CC2)CCN1C. The first-order valence-corrected chi connectivity index (χ1v) is 8.68. The Bertz CT molecular complexity index is 427. The zero-order valence-electron chi connectivity index (χ0n) is 11.8. The van der Waals surface area contributed by atoms with Crippen molar-refractivity contribution < 1.29 is 12.6 Å². The maximum absolute atomic E-state index is 11.1. The minimum absolute atomic E-state index is 0.123. The molecular formula is C13H24N2O3S. The summed E-state index contributed by atoms with van der Waals surface area (Å²) < 4.78 is 27.3. The molecule has 0 aromatic heterocycles. The predicted octanol–water partition coefficient (Wildman–Crippen LogP) is 1.03. The highest BCUT2D eigenvalue weighted by atomic mass is 32.2. The van der Waals surface area contributed by atoms with Crippen LogP contribution in [0.2, 0.25) is 0 Å². The normalized spacial score (nSPS) is 30.6. The van der Waals surface area contributed by atoms with Crippen molar-refractivity contribution >= 4 is 10.1 Å². The monoisotopic (exact) mass is 288 g/mol. The van der Waals surface area contributed by atoms with Gasteiger partial charge in [-0.25, -0.2) is 0 Å². The highest BCUT2D eigenvalue weighted by Crippen LogP contribution is 2.27. The van der Waals surface area contributed by atoms with Crippen molar-refractivity contribution in [2.75, 3.05) is 32.9 Å². The summed E-state index contributed by atoms with van der Waals surface area (Å²) in [6.45, 7) is 7.11. The van der Waals surface area contributed by atoms with Crippen LogP contribution in [0.1, 0.15) is 25.7 Å². The van der Waals surface area contributed by atoms with E-state index in [0.717, 1.165) is 51.6 Å². The molecule has 0 radical (unpaired) electrons. The first-order chi connectivity index (χ1) is 8.85. The van der Waals surface area contributed by atoms with E-state index in [1.165, 1.54) is 5.70 Å². The summed E-state index contributed by atoms with van der Waals surface area (Å²) in [7, 11) is -1.24. The molecule has 0 amide bonds. The quantitative estimate of drug-likeness (QED) is 0.726. The fourth-order valence-electron chi connectivity index (χ4n) is 2.94. The third kappa shape index (κ3) is 4.19. The Labute approximate surface area is 116 Å². The molecule has 0 bridgehead atoms. The van der Waals surface area contributed by atoms with Gasteiger partial charge in [-0.3, -0.25) is 9.08 Å². The van der Waals surface area contributed by atoms with E-state index in [-0.39, 0.29) is 6.10 Å². The zero-order chi connectivity index (χ0) is 14.0. The molecule has 5 nitrogen and oxygen atoms in total. The topological polar surface area (TPSA) is 49.9 Å². The van der Waals surface area contributed by atoms with Crippen molar-refractivity contribution in [1.82, 2.24) is 9.80 Å². The molecule has 1 saturated heterocycles. The van der Waals surface area contributed by atoms with Crippen molar-refractivity contribution in [3.63, 3.8) is 0 Å². The van der Waals surface area contributed by atoms with Gasteiger partial charge in [-0.2, -0.15) is 8.42 Å². The van der Waals surface area contributed by atoms with Crippen LogP contribution in [0, 0.1) is 0 Å². The van der Waals surface area contributed by atoms with Crippen LogP contribution < -0.4 is 0 Å². The number of piperazine rings is 1. The summed E-state index contributed by atoms with van der Waals surface area (Å²) in [5.41, 5.74) is 1.17. The minimum Gasteiger partial charge on any atom is -0.376 e. The molecule has 1 saturated carbocycles. The minimum atomic E-state index is -3.32. The lowest BCUT2D eigenvalue weighted by atomic mass is 9.91. The molecule has 0 unspecified atom stereocenters. The molecule has 6 heteroatoms. The Morgan fingerprint density at radius 2 is 1.84 bits per heavy atom. The summed E-state index contributed by atoms with van der Waals surface area (Å²) in [6, 6.07) is 0.546. The summed E-state index contributed by atoms with van der Waals surface area (Å²) in [6.07, 6.45) is 4.69. The van der Waals surface area contributed by atoms with Crippen LogP contribution in [-0.4, -0.2) is 63.3 Å². The molecule has 2 aliphatic rings. The van der Waals surface area contributed by atoms with Crippen LogP contribution >= 0.6 is 0 Å². The van der Waals surface area contributed by atoms with E-state index < -0.39 is 10.1 Å². The molecule has 1 aliphatic carbocycles. The third-order valence-electron chi connectivity index (χ3n) is 4.12. The highest BCUT2D eigenvalue weighted by Gasteiger charge is 2.30. The third-order valence-corrected chi connectivity index (χ3v) is 4.74. The lowest BCUT2D eigenvalue weighted by molar-refractivity contribution is 0.0766. The summed E-state index contributed by atoms with van der Waals surface area (Å²) in [5.74, 6) is 0. The number of rotatable bonds is 3. The fourth-order valence-corrected chi connectivity index (χ4v) is 3.62. The maximum atomic E-state index is 11.1. The lowest BCUT2D eigenvalue weighted by Crippen LogP contribution is -2.49. The Morgan fingerprint density at radius 3 is 2.37 bits per heavy atom. The standard InChI is InChI=1S/C13H24N2O3S/c1-11-10-15(9-8-14(11)2)12-4-6-13(7-5-12)18-19(3,16)17/h12-13H,1,4-10H2,2-3H3. The van der Waals surface area contributed by atoms with E-state index in [0.29, 0.717) is 6.04 Å². The van der Waals surface area contributed by atoms with Gasteiger partial charge in [0.1, 0.15) is 0 Å². The molecule has 0 spiro atoms. The van der Waals surface area contributed by atoms with Gasteiger partial charge in [0, 0.05) is 38.4 Å². The van der Waals surface area contributed by atoms with Gasteiger partial charge in [-0.15, -0.1) is 0 Å². The van der Waals surface area contributed by atoms with Crippen LogP contribution in [0.15, 0.2) is 12.3 Å². The Balaban J connectivity index is 1.82. The molecule has 0 aromatic rings. The van der Waals surface area contributed by atoms with E-state index in [4.69, 9.17) is 4.18 Å². The van der Waals surface area contributed by atoms with Gasteiger partial charge >= 0.3 is 0 Å². The predicted molar refractivity (Wildman–Crippen MR) is 75.3 cm³/mol. The second-order valence-electron chi connectivity index (χ2n) is 5.69. The molecule has 2 rings (SSSR count).